The van der Waals surface area contributed by atoms with Crippen LogP contribution in [0.5, 0.6) is 0 Å². The SMILES string of the molecule is CC(C)(C)C(=O)Nc1nnc(S(=O)(=O)NCCOCc2ccccc2)s1. The second-order valence-electron chi connectivity index (χ2n) is 6.51. The standard InChI is InChI=1S/C16H22N4O4S2/c1-16(2,3)13(21)18-14-19-20-15(25-14)26(22,23)17-9-10-24-11-12-7-5-4-6-8-12/h4-8,17H,9-11H2,1-3H3,(H,18,19,21). The molecular weight excluding hydrogens is 376 g/mol. The molecule has 1 amide bonds. The first kappa shape index (κ1) is 20.4. The normalized spacial score (nSPS) is 12.1. The van der Waals surface area contributed by atoms with Gasteiger partial charge < -0.3 is 10.1 Å². The van der Waals surface area contributed by atoms with Crippen molar-refractivity contribution in [2.45, 2.75) is 31.7 Å². The summed E-state index contributed by atoms with van der Waals surface area (Å²) >= 11 is 0.799. The summed E-state index contributed by atoms with van der Waals surface area (Å²) < 4.78 is 32.0. The molecule has 0 fully saturated rings. The number of amides is 1. The van der Waals surface area contributed by atoms with E-state index < -0.39 is 15.4 Å². The highest BCUT2D eigenvalue weighted by Gasteiger charge is 2.24. The van der Waals surface area contributed by atoms with Crippen LogP contribution in [-0.2, 0) is 26.2 Å². The molecule has 2 aromatic rings. The van der Waals surface area contributed by atoms with E-state index in [1.165, 1.54) is 0 Å². The number of aromatic nitrogens is 2. The lowest BCUT2D eigenvalue weighted by molar-refractivity contribution is -0.123. The highest BCUT2D eigenvalue weighted by molar-refractivity contribution is 7.91. The first-order valence-corrected chi connectivity index (χ1v) is 10.2. The monoisotopic (exact) mass is 398 g/mol. The van der Waals surface area contributed by atoms with Gasteiger partial charge in [-0.3, -0.25) is 4.79 Å². The van der Waals surface area contributed by atoms with Gasteiger partial charge in [-0.15, -0.1) is 10.2 Å². The average molecular weight is 399 g/mol. The molecular formula is C16H22N4O4S2. The smallest absolute Gasteiger partial charge is 0.269 e. The maximum absolute atomic E-state index is 12.2. The van der Waals surface area contributed by atoms with E-state index in [0.717, 1.165) is 16.9 Å². The van der Waals surface area contributed by atoms with Crippen LogP contribution in [0.2, 0.25) is 0 Å². The molecule has 1 heterocycles. The Bertz CT molecular complexity index is 829. The highest BCUT2D eigenvalue weighted by Crippen LogP contribution is 2.22. The van der Waals surface area contributed by atoms with Crippen LogP contribution in [0.1, 0.15) is 26.3 Å². The molecule has 8 nitrogen and oxygen atoms in total. The zero-order chi connectivity index (χ0) is 19.2. The lowest BCUT2D eigenvalue weighted by atomic mass is 9.96. The molecule has 26 heavy (non-hydrogen) atoms. The zero-order valence-corrected chi connectivity index (χ0v) is 16.5. The fraction of sp³-hybridized carbons (Fsp3) is 0.438. The van der Waals surface area contributed by atoms with Gasteiger partial charge in [0.25, 0.3) is 10.0 Å². The molecule has 0 bridgehead atoms. The van der Waals surface area contributed by atoms with Gasteiger partial charge in [0.15, 0.2) is 0 Å². The minimum absolute atomic E-state index is 0.110. The number of anilines is 1. The van der Waals surface area contributed by atoms with E-state index in [9.17, 15) is 13.2 Å². The van der Waals surface area contributed by atoms with Gasteiger partial charge in [0.05, 0.1) is 13.2 Å². The molecule has 0 saturated heterocycles. The van der Waals surface area contributed by atoms with Gasteiger partial charge in [-0.05, 0) is 5.56 Å². The number of benzene rings is 1. The Morgan fingerprint density at radius 1 is 1.19 bits per heavy atom. The molecule has 0 saturated carbocycles. The predicted octanol–water partition coefficient (Wildman–Crippen LogP) is 2.02. The van der Waals surface area contributed by atoms with Crippen molar-refractivity contribution in [3.8, 4) is 0 Å². The highest BCUT2D eigenvalue weighted by atomic mass is 32.2. The van der Waals surface area contributed by atoms with Crippen LogP contribution in [0.3, 0.4) is 0 Å². The molecule has 0 unspecified atom stereocenters. The van der Waals surface area contributed by atoms with E-state index in [2.05, 4.69) is 20.2 Å². The Morgan fingerprint density at radius 2 is 1.88 bits per heavy atom. The van der Waals surface area contributed by atoms with Crippen molar-refractivity contribution in [1.82, 2.24) is 14.9 Å². The molecule has 1 aromatic heterocycles. The molecule has 0 spiro atoms. The summed E-state index contributed by atoms with van der Waals surface area (Å²) in [7, 11) is -3.79. The maximum atomic E-state index is 12.2. The second-order valence-corrected chi connectivity index (χ2v) is 9.43. The van der Waals surface area contributed by atoms with Gasteiger partial charge in [0.1, 0.15) is 0 Å². The number of nitrogens with one attached hydrogen (secondary N) is 2. The third-order valence-corrected chi connectivity index (χ3v) is 5.86. The Labute approximate surface area is 157 Å². The first-order valence-electron chi connectivity index (χ1n) is 7.95. The molecule has 0 aliphatic rings. The van der Waals surface area contributed by atoms with Crippen molar-refractivity contribution < 1.29 is 17.9 Å². The molecule has 10 heteroatoms. The van der Waals surface area contributed by atoms with Crippen LogP contribution in [0, 0.1) is 5.41 Å². The lowest BCUT2D eigenvalue weighted by Crippen LogP contribution is -2.27. The third-order valence-electron chi connectivity index (χ3n) is 3.19. The molecule has 0 aliphatic heterocycles. The van der Waals surface area contributed by atoms with Crippen LogP contribution in [0.15, 0.2) is 34.7 Å². The van der Waals surface area contributed by atoms with E-state index in [1.807, 2.05) is 30.3 Å². The number of sulfonamides is 1. The lowest BCUT2D eigenvalue weighted by Gasteiger charge is -2.15. The number of hydrogen-bond donors (Lipinski definition) is 2. The van der Waals surface area contributed by atoms with E-state index in [1.54, 1.807) is 20.8 Å². The van der Waals surface area contributed by atoms with Gasteiger partial charge in [-0.25, -0.2) is 13.1 Å². The average Bonchev–Trinajstić information content (AvgIpc) is 3.04. The van der Waals surface area contributed by atoms with E-state index >= 15 is 0 Å². The van der Waals surface area contributed by atoms with Crippen molar-refractivity contribution in [3.63, 3.8) is 0 Å². The molecule has 2 rings (SSSR count). The summed E-state index contributed by atoms with van der Waals surface area (Å²) in [5.41, 5.74) is 0.401. The molecule has 0 atom stereocenters. The van der Waals surface area contributed by atoms with Gasteiger partial charge in [0.2, 0.25) is 15.4 Å². The zero-order valence-electron chi connectivity index (χ0n) is 14.9. The number of carbonyl (C=O) groups excluding carboxylic acids is 1. The number of ether oxygens (including phenoxy) is 1. The van der Waals surface area contributed by atoms with Crippen LogP contribution in [-0.4, -0.2) is 37.7 Å². The quantitative estimate of drug-likeness (QED) is 0.520. The third kappa shape index (κ3) is 6.13. The van der Waals surface area contributed by atoms with Crippen molar-refractivity contribution in [1.29, 1.82) is 0 Å². The Balaban J connectivity index is 1.81. The van der Waals surface area contributed by atoms with Gasteiger partial charge in [-0.2, -0.15) is 0 Å². The van der Waals surface area contributed by atoms with E-state index in [-0.39, 0.29) is 28.5 Å². The first-order chi connectivity index (χ1) is 12.2. The summed E-state index contributed by atoms with van der Waals surface area (Å²) in [6.07, 6.45) is 0. The van der Waals surface area contributed by atoms with Gasteiger partial charge >= 0.3 is 0 Å². The van der Waals surface area contributed by atoms with Crippen molar-refractivity contribution in [2.75, 3.05) is 18.5 Å². The molecule has 2 N–H and O–H groups in total. The van der Waals surface area contributed by atoms with Gasteiger partial charge in [-0.1, -0.05) is 62.4 Å². The van der Waals surface area contributed by atoms with Crippen LogP contribution >= 0.6 is 11.3 Å². The fourth-order valence-corrected chi connectivity index (χ4v) is 3.68. The van der Waals surface area contributed by atoms with Crippen molar-refractivity contribution in [2.24, 2.45) is 5.41 Å². The number of rotatable bonds is 8. The Kier molecular flexibility index (Phi) is 6.81. The number of hydrogen-bond acceptors (Lipinski definition) is 7. The maximum Gasteiger partial charge on any atom is 0.269 e. The van der Waals surface area contributed by atoms with E-state index in [4.69, 9.17) is 4.74 Å². The van der Waals surface area contributed by atoms with Crippen molar-refractivity contribution in [3.05, 3.63) is 35.9 Å². The molecule has 0 aliphatic carbocycles. The molecule has 1 aromatic carbocycles. The molecule has 0 radical (unpaired) electrons. The summed E-state index contributed by atoms with van der Waals surface area (Å²) in [5.74, 6) is -0.264. The van der Waals surface area contributed by atoms with Crippen LogP contribution in [0.4, 0.5) is 5.13 Å². The van der Waals surface area contributed by atoms with Crippen LogP contribution < -0.4 is 10.0 Å². The topological polar surface area (TPSA) is 110 Å². The van der Waals surface area contributed by atoms with Crippen LogP contribution in [0.25, 0.3) is 0 Å². The van der Waals surface area contributed by atoms with E-state index in [0.29, 0.717) is 6.61 Å². The Hall–Kier alpha value is -1.88. The predicted molar refractivity (Wildman–Crippen MR) is 99.3 cm³/mol. The summed E-state index contributed by atoms with van der Waals surface area (Å²) in [5, 5.41) is 10.0. The second kappa shape index (κ2) is 8.67. The van der Waals surface area contributed by atoms with Gasteiger partial charge in [0, 0.05) is 12.0 Å². The Morgan fingerprint density at radius 3 is 2.54 bits per heavy atom. The minimum atomic E-state index is -3.79. The summed E-state index contributed by atoms with van der Waals surface area (Å²) in [4.78, 5) is 11.9. The minimum Gasteiger partial charge on any atom is -0.375 e. The fourth-order valence-electron chi connectivity index (χ4n) is 1.73. The summed E-state index contributed by atoms with van der Waals surface area (Å²) in [6.45, 7) is 5.98. The van der Waals surface area contributed by atoms with Crippen molar-refractivity contribution >= 4 is 32.4 Å². The number of carbonyl (C=O) groups is 1. The largest absolute Gasteiger partial charge is 0.375 e. The summed E-state index contributed by atoms with van der Waals surface area (Å²) in [6, 6.07) is 9.59. The number of nitrogens with zero attached hydrogens (tertiary/aromatic N) is 2. The molecule has 142 valence electrons.